The lowest BCUT2D eigenvalue weighted by Gasteiger charge is -2.36. The summed E-state index contributed by atoms with van der Waals surface area (Å²) in [6.45, 7) is 0.519. The van der Waals surface area contributed by atoms with E-state index >= 15 is 0 Å². The number of methoxy groups -OCH3 is 1. The summed E-state index contributed by atoms with van der Waals surface area (Å²) in [5, 5.41) is 15.4. The first-order chi connectivity index (χ1) is 13.4. The number of ether oxygens (including phenoxy) is 2. The van der Waals surface area contributed by atoms with Crippen LogP contribution in [0.3, 0.4) is 0 Å². The van der Waals surface area contributed by atoms with Crippen LogP contribution >= 0.6 is 0 Å². The Balaban J connectivity index is 1.76. The molecule has 1 fully saturated rings. The predicted octanol–water partition coefficient (Wildman–Crippen LogP) is 0.288. The SMILES string of the molecule is COc1ccc(CNC(=O)C[C@H]2CC[C@H](NC(=O)CN(C)C)[C@H](CO)O2)cc1. The highest BCUT2D eigenvalue weighted by atomic mass is 16.5. The number of aliphatic hydroxyl groups excluding tert-OH is 1. The molecule has 0 spiro atoms. The smallest absolute Gasteiger partial charge is 0.234 e. The minimum atomic E-state index is -0.501. The molecule has 0 bridgehead atoms. The number of hydrogen-bond acceptors (Lipinski definition) is 6. The van der Waals surface area contributed by atoms with Crippen LogP contribution in [0, 0.1) is 0 Å². The maximum Gasteiger partial charge on any atom is 0.234 e. The summed E-state index contributed by atoms with van der Waals surface area (Å²) in [6, 6.07) is 7.26. The summed E-state index contributed by atoms with van der Waals surface area (Å²) in [5.41, 5.74) is 0.982. The van der Waals surface area contributed by atoms with Gasteiger partial charge in [0.25, 0.3) is 0 Å². The van der Waals surface area contributed by atoms with Crippen molar-refractivity contribution in [3.8, 4) is 5.75 Å². The Bertz CT molecular complexity index is 635. The Morgan fingerprint density at radius 3 is 2.54 bits per heavy atom. The number of likely N-dealkylation sites (N-methyl/N-ethyl adjacent to an activating group) is 1. The molecule has 2 rings (SSSR count). The van der Waals surface area contributed by atoms with E-state index in [4.69, 9.17) is 9.47 Å². The van der Waals surface area contributed by atoms with Gasteiger partial charge >= 0.3 is 0 Å². The fourth-order valence-electron chi connectivity index (χ4n) is 3.21. The molecule has 1 aromatic rings. The molecular weight excluding hydrogens is 362 g/mol. The van der Waals surface area contributed by atoms with Gasteiger partial charge in [0, 0.05) is 6.54 Å². The summed E-state index contributed by atoms with van der Waals surface area (Å²) in [7, 11) is 5.25. The molecule has 1 aromatic carbocycles. The van der Waals surface area contributed by atoms with Gasteiger partial charge in [0.15, 0.2) is 0 Å². The quantitative estimate of drug-likeness (QED) is 0.558. The van der Waals surface area contributed by atoms with E-state index in [-0.39, 0.29) is 43.5 Å². The fraction of sp³-hybridized carbons (Fsp3) is 0.600. The lowest BCUT2D eigenvalue weighted by Crippen LogP contribution is -2.52. The third-order valence-electron chi connectivity index (χ3n) is 4.66. The van der Waals surface area contributed by atoms with Gasteiger partial charge in [0.2, 0.25) is 11.8 Å². The summed E-state index contributed by atoms with van der Waals surface area (Å²) in [6.07, 6.45) is 0.778. The molecule has 0 radical (unpaired) electrons. The van der Waals surface area contributed by atoms with Gasteiger partial charge in [-0.2, -0.15) is 0 Å². The second kappa shape index (κ2) is 11.0. The van der Waals surface area contributed by atoms with Crippen LogP contribution in [-0.2, 0) is 20.9 Å². The first kappa shape index (κ1) is 22.1. The van der Waals surface area contributed by atoms with Gasteiger partial charge in [-0.25, -0.2) is 0 Å². The van der Waals surface area contributed by atoms with Crippen LogP contribution in [0.15, 0.2) is 24.3 Å². The van der Waals surface area contributed by atoms with E-state index in [0.29, 0.717) is 19.4 Å². The van der Waals surface area contributed by atoms with Crippen LogP contribution in [0.1, 0.15) is 24.8 Å². The maximum atomic E-state index is 12.2. The average Bonchev–Trinajstić information content (AvgIpc) is 2.67. The Morgan fingerprint density at radius 1 is 1.21 bits per heavy atom. The van der Waals surface area contributed by atoms with Crippen LogP contribution in [0.4, 0.5) is 0 Å². The molecule has 8 nitrogen and oxygen atoms in total. The van der Waals surface area contributed by atoms with Crippen LogP contribution in [0.5, 0.6) is 5.75 Å². The van der Waals surface area contributed by atoms with E-state index in [0.717, 1.165) is 11.3 Å². The van der Waals surface area contributed by atoms with Gasteiger partial charge in [-0.05, 0) is 44.6 Å². The van der Waals surface area contributed by atoms with Crippen molar-refractivity contribution < 1.29 is 24.2 Å². The van der Waals surface area contributed by atoms with Crippen molar-refractivity contribution in [2.24, 2.45) is 0 Å². The molecule has 2 amide bonds. The molecule has 156 valence electrons. The summed E-state index contributed by atoms with van der Waals surface area (Å²) in [5.74, 6) is 0.563. The molecule has 1 aliphatic rings. The molecular formula is C20H31N3O5. The number of amides is 2. The minimum absolute atomic E-state index is 0.104. The summed E-state index contributed by atoms with van der Waals surface area (Å²) >= 11 is 0. The summed E-state index contributed by atoms with van der Waals surface area (Å²) in [4.78, 5) is 26.0. The Morgan fingerprint density at radius 2 is 1.93 bits per heavy atom. The van der Waals surface area contributed by atoms with Crippen molar-refractivity contribution in [2.75, 3.05) is 34.4 Å². The zero-order valence-electron chi connectivity index (χ0n) is 16.8. The van der Waals surface area contributed by atoms with E-state index in [2.05, 4.69) is 10.6 Å². The molecule has 3 atom stereocenters. The van der Waals surface area contributed by atoms with Crippen LogP contribution in [0.2, 0.25) is 0 Å². The highest BCUT2D eigenvalue weighted by Crippen LogP contribution is 2.22. The zero-order valence-corrected chi connectivity index (χ0v) is 16.8. The lowest BCUT2D eigenvalue weighted by atomic mass is 9.97. The third kappa shape index (κ3) is 7.10. The number of carbonyl (C=O) groups excluding carboxylic acids is 2. The molecule has 0 aromatic heterocycles. The molecule has 1 heterocycles. The van der Waals surface area contributed by atoms with Gasteiger partial charge < -0.3 is 30.1 Å². The number of hydrogen-bond donors (Lipinski definition) is 3. The number of carbonyl (C=O) groups is 2. The topological polar surface area (TPSA) is 100 Å². The number of benzene rings is 1. The highest BCUT2D eigenvalue weighted by molar-refractivity contribution is 5.78. The van der Waals surface area contributed by atoms with Crippen molar-refractivity contribution in [1.29, 1.82) is 0 Å². The van der Waals surface area contributed by atoms with Gasteiger partial charge in [-0.3, -0.25) is 9.59 Å². The van der Waals surface area contributed by atoms with E-state index in [1.54, 1.807) is 12.0 Å². The van der Waals surface area contributed by atoms with Crippen molar-refractivity contribution in [3.63, 3.8) is 0 Å². The second-order valence-corrected chi connectivity index (χ2v) is 7.30. The number of rotatable bonds is 9. The first-order valence-electron chi connectivity index (χ1n) is 9.51. The van der Waals surface area contributed by atoms with Gasteiger partial charge in [-0.1, -0.05) is 12.1 Å². The van der Waals surface area contributed by atoms with Crippen molar-refractivity contribution >= 4 is 11.8 Å². The van der Waals surface area contributed by atoms with Crippen molar-refractivity contribution in [3.05, 3.63) is 29.8 Å². The molecule has 1 saturated heterocycles. The van der Waals surface area contributed by atoms with Crippen LogP contribution in [-0.4, -0.2) is 74.4 Å². The monoisotopic (exact) mass is 393 g/mol. The molecule has 0 aliphatic carbocycles. The fourth-order valence-corrected chi connectivity index (χ4v) is 3.21. The van der Waals surface area contributed by atoms with Gasteiger partial charge in [0.1, 0.15) is 11.9 Å². The number of nitrogens with zero attached hydrogens (tertiary/aromatic N) is 1. The van der Waals surface area contributed by atoms with Crippen molar-refractivity contribution in [2.45, 2.75) is 44.1 Å². The molecule has 8 heteroatoms. The predicted molar refractivity (Wildman–Crippen MR) is 105 cm³/mol. The van der Waals surface area contributed by atoms with Crippen molar-refractivity contribution in [1.82, 2.24) is 15.5 Å². The van der Waals surface area contributed by atoms with E-state index in [1.165, 1.54) is 0 Å². The Kier molecular flexibility index (Phi) is 8.69. The molecule has 0 unspecified atom stereocenters. The first-order valence-corrected chi connectivity index (χ1v) is 9.51. The third-order valence-corrected chi connectivity index (χ3v) is 4.66. The normalized spacial score (nSPS) is 22.0. The maximum absolute atomic E-state index is 12.2. The zero-order chi connectivity index (χ0) is 20.5. The highest BCUT2D eigenvalue weighted by Gasteiger charge is 2.32. The largest absolute Gasteiger partial charge is 0.497 e. The average molecular weight is 393 g/mol. The van der Waals surface area contributed by atoms with E-state index in [9.17, 15) is 14.7 Å². The number of nitrogens with one attached hydrogen (secondary N) is 2. The van der Waals surface area contributed by atoms with E-state index in [1.807, 2.05) is 38.4 Å². The molecule has 0 saturated carbocycles. The minimum Gasteiger partial charge on any atom is -0.497 e. The second-order valence-electron chi connectivity index (χ2n) is 7.30. The van der Waals surface area contributed by atoms with Crippen LogP contribution < -0.4 is 15.4 Å². The molecule has 28 heavy (non-hydrogen) atoms. The Labute approximate surface area is 166 Å². The molecule has 3 N–H and O–H groups in total. The summed E-state index contributed by atoms with van der Waals surface area (Å²) < 4.78 is 11.0. The lowest BCUT2D eigenvalue weighted by molar-refractivity contribution is -0.136. The Hall–Kier alpha value is -2.16. The van der Waals surface area contributed by atoms with Gasteiger partial charge in [-0.15, -0.1) is 0 Å². The molecule has 1 aliphatic heterocycles. The van der Waals surface area contributed by atoms with Crippen LogP contribution in [0.25, 0.3) is 0 Å². The standard InChI is InChI=1S/C20H31N3O5/c1-23(2)12-20(26)22-17-9-8-16(28-18(17)13-24)10-19(25)21-11-14-4-6-15(27-3)7-5-14/h4-7,16-18,24H,8-13H2,1-3H3,(H,21,25)(H,22,26)/t16-,17+,18+/m1/s1. The van der Waals surface area contributed by atoms with E-state index < -0.39 is 6.10 Å². The van der Waals surface area contributed by atoms with Gasteiger partial charge in [0.05, 0.1) is 38.8 Å². The number of aliphatic hydroxyl groups is 1.